The van der Waals surface area contributed by atoms with Gasteiger partial charge in [0.15, 0.2) is 0 Å². The van der Waals surface area contributed by atoms with Crippen molar-refractivity contribution in [1.29, 1.82) is 0 Å². The monoisotopic (exact) mass is 213 g/mol. The fourth-order valence-electron chi connectivity index (χ4n) is 0.111. The van der Waals surface area contributed by atoms with Crippen LogP contribution in [0.5, 0.6) is 0 Å². The first-order valence-electron chi connectivity index (χ1n) is 1.33. The van der Waals surface area contributed by atoms with Gasteiger partial charge >= 0.3 is 0 Å². The Kier molecular flexibility index (Phi) is 0.749. The summed E-state index contributed by atoms with van der Waals surface area (Å²) in [6, 6.07) is 0. The molecule has 0 aliphatic carbocycles. The Morgan fingerprint density at radius 2 is 1.83 bits per heavy atom. The molecule has 1 saturated heterocycles. The summed E-state index contributed by atoms with van der Waals surface area (Å²) in [4.78, 5) is 10.0. The van der Waals surface area contributed by atoms with Gasteiger partial charge in [-0.2, -0.15) is 0 Å². The molecule has 6 heavy (non-hydrogen) atoms. The van der Waals surface area contributed by atoms with Crippen LogP contribution in [0.2, 0.25) is 0 Å². The minimum atomic E-state index is -0.556. The van der Waals surface area contributed by atoms with Gasteiger partial charge in [-0.15, -0.1) is 0 Å². The third-order valence-corrected chi connectivity index (χ3v) is 1.61. The lowest BCUT2D eigenvalue weighted by Gasteiger charge is -1.74. The number of hydrogen-bond donors (Lipinski definition) is 1. The molecule has 0 radical (unpaired) electrons. The molecule has 1 heterocycles. The molecule has 1 N–H and O–H groups in total. The molecule has 0 bridgehead atoms. The maximum atomic E-state index is 10.0. The van der Waals surface area contributed by atoms with Crippen LogP contribution in [0.1, 0.15) is 0 Å². The van der Waals surface area contributed by atoms with Crippen LogP contribution in [-0.4, -0.2) is 9.26 Å². The number of halogens is 2. The topological polar surface area (TPSA) is 39.0 Å². The third-order valence-electron chi connectivity index (χ3n) is 0.493. The van der Waals surface area contributed by atoms with Gasteiger partial charge in [0.1, 0.15) is 0 Å². The van der Waals surface area contributed by atoms with Gasteiger partial charge in [-0.3, -0.25) is 4.79 Å². The summed E-state index contributed by atoms with van der Waals surface area (Å²) in [6.45, 7) is 0. The van der Waals surface area contributed by atoms with Crippen LogP contribution in [-0.2, 0) is 4.79 Å². The van der Waals surface area contributed by atoms with E-state index < -0.39 is 3.36 Å². The maximum absolute atomic E-state index is 10.0. The molecule has 0 saturated carbocycles. The first kappa shape index (κ1) is 4.59. The zero-order valence-electron chi connectivity index (χ0n) is 2.66. The van der Waals surface area contributed by atoms with Gasteiger partial charge in [0.2, 0.25) is 3.36 Å². The Morgan fingerprint density at radius 3 is 1.83 bits per heavy atom. The highest BCUT2D eigenvalue weighted by Crippen LogP contribution is 2.33. The molecular weight excluding hydrogens is 214 g/mol. The van der Waals surface area contributed by atoms with Gasteiger partial charge in [0.05, 0.1) is 0 Å². The maximum Gasteiger partial charge on any atom is 0.270 e. The molecule has 1 aliphatic heterocycles. The fraction of sp³-hybridized carbons (Fsp3) is 0.500. The number of carbonyl (C=O) groups excluding carboxylic acids is 1. The van der Waals surface area contributed by atoms with Crippen LogP contribution >= 0.6 is 31.9 Å². The molecule has 1 amide bonds. The average Bonchev–Trinajstić information content (AvgIpc) is 1.73. The van der Waals surface area contributed by atoms with Crippen molar-refractivity contribution in [2.75, 3.05) is 0 Å². The number of hydrogen-bond acceptors (Lipinski definition) is 1. The Balaban J connectivity index is 2.63. The number of carbonyl (C=O) groups is 1. The number of alkyl halides is 2. The predicted octanol–water partition coefficient (Wildman–Crippen LogP) is 0.560. The van der Waals surface area contributed by atoms with E-state index in [1.807, 2.05) is 0 Å². The van der Waals surface area contributed by atoms with E-state index in [9.17, 15) is 4.79 Å². The molecule has 4 heteroatoms. The quantitative estimate of drug-likeness (QED) is 0.357. The summed E-state index contributed by atoms with van der Waals surface area (Å²) >= 11 is 6.02. The molecule has 0 atom stereocenters. The van der Waals surface area contributed by atoms with E-state index in [2.05, 4.69) is 37.2 Å². The summed E-state index contributed by atoms with van der Waals surface area (Å²) < 4.78 is -0.556. The lowest BCUT2D eigenvalue weighted by atomic mass is 10.9. The third kappa shape index (κ3) is 0.586. The van der Waals surface area contributed by atoms with E-state index >= 15 is 0 Å². The second kappa shape index (κ2) is 0.980. The standard InChI is InChI=1S/C2HBr2NO/c3-2(4)1(6)5-2/h(H,5,6). The molecule has 0 spiro atoms. The summed E-state index contributed by atoms with van der Waals surface area (Å²) in [5.74, 6) is -0.0116. The number of amides is 1. The molecule has 1 rings (SSSR count). The highest BCUT2D eigenvalue weighted by molar-refractivity contribution is 9.26. The molecule has 2 nitrogen and oxygen atoms in total. The molecule has 34 valence electrons. The second-order valence-corrected chi connectivity index (χ2v) is 4.47. The highest BCUT2D eigenvalue weighted by Gasteiger charge is 2.48. The average molecular weight is 215 g/mol. The van der Waals surface area contributed by atoms with Crippen molar-refractivity contribution in [3.05, 3.63) is 0 Å². The summed E-state index contributed by atoms with van der Waals surface area (Å²) in [5, 5.41) is 2.47. The van der Waals surface area contributed by atoms with Crippen LogP contribution in [0.15, 0.2) is 0 Å². The first-order chi connectivity index (χ1) is 2.63. The van der Waals surface area contributed by atoms with Crippen LogP contribution in [0.3, 0.4) is 0 Å². The zero-order valence-corrected chi connectivity index (χ0v) is 5.84. The van der Waals surface area contributed by atoms with Crippen molar-refractivity contribution in [3.8, 4) is 0 Å². The number of nitrogens with one attached hydrogen (secondary N) is 1. The predicted molar refractivity (Wildman–Crippen MR) is 28.7 cm³/mol. The van der Waals surface area contributed by atoms with E-state index in [0.717, 1.165) is 0 Å². The van der Waals surface area contributed by atoms with Crippen molar-refractivity contribution in [2.45, 2.75) is 3.36 Å². The smallest absolute Gasteiger partial charge is 0.270 e. The largest absolute Gasteiger partial charge is 0.321 e. The van der Waals surface area contributed by atoms with E-state index in [1.54, 1.807) is 0 Å². The summed E-state index contributed by atoms with van der Waals surface area (Å²) in [6.07, 6.45) is 0. The van der Waals surface area contributed by atoms with E-state index in [0.29, 0.717) is 0 Å². The SMILES string of the molecule is O=C1NC1(Br)Br. The van der Waals surface area contributed by atoms with Crippen LogP contribution < -0.4 is 5.32 Å². The second-order valence-electron chi connectivity index (χ2n) is 1.03. The molecule has 0 aromatic heterocycles. The highest BCUT2D eigenvalue weighted by atomic mass is 79.9. The first-order valence-corrected chi connectivity index (χ1v) is 2.92. The van der Waals surface area contributed by atoms with Crippen LogP contribution in [0.4, 0.5) is 0 Å². The van der Waals surface area contributed by atoms with E-state index in [4.69, 9.17) is 0 Å². The van der Waals surface area contributed by atoms with Crippen molar-refractivity contribution in [3.63, 3.8) is 0 Å². The Hall–Kier alpha value is 0.430. The van der Waals surface area contributed by atoms with E-state index in [-0.39, 0.29) is 5.91 Å². The molecule has 0 unspecified atom stereocenters. The summed E-state index contributed by atoms with van der Waals surface area (Å²) in [7, 11) is 0. The molecule has 1 fully saturated rings. The minimum Gasteiger partial charge on any atom is -0.321 e. The van der Waals surface area contributed by atoms with Gasteiger partial charge in [0.25, 0.3) is 5.91 Å². The van der Waals surface area contributed by atoms with Crippen LogP contribution in [0, 0.1) is 0 Å². The van der Waals surface area contributed by atoms with Crippen molar-refractivity contribution in [1.82, 2.24) is 5.32 Å². The van der Waals surface area contributed by atoms with Gasteiger partial charge in [0, 0.05) is 0 Å². The lowest BCUT2D eigenvalue weighted by molar-refractivity contribution is -0.110. The Labute approximate surface area is 51.5 Å². The zero-order chi connectivity index (χ0) is 4.78. The molecular formula is C2HBr2NO. The Bertz CT molecular complexity index is 99.7. The normalized spacial score (nSPS) is 26.0. The van der Waals surface area contributed by atoms with Gasteiger partial charge in [-0.1, -0.05) is 0 Å². The van der Waals surface area contributed by atoms with Crippen molar-refractivity contribution < 1.29 is 4.79 Å². The van der Waals surface area contributed by atoms with Gasteiger partial charge in [-0.25, -0.2) is 0 Å². The molecule has 0 aromatic rings. The fourth-order valence-corrected chi connectivity index (χ4v) is 0.471. The minimum absolute atomic E-state index is 0.0116. The van der Waals surface area contributed by atoms with Gasteiger partial charge < -0.3 is 5.32 Å². The van der Waals surface area contributed by atoms with Crippen molar-refractivity contribution in [2.24, 2.45) is 0 Å². The van der Waals surface area contributed by atoms with E-state index in [1.165, 1.54) is 0 Å². The van der Waals surface area contributed by atoms with Crippen molar-refractivity contribution >= 4 is 37.8 Å². The lowest BCUT2D eigenvalue weighted by Crippen LogP contribution is -1.86. The summed E-state index contributed by atoms with van der Waals surface area (Å²) in [5.41, 5.74) is 0. The van der Waals surface area contributed by atoms with Gasteiger partial charge in [-0.05, 0) is 31.9 Å². The molecule has 1 aliphatic rings. The molecule has 0 aromatic carbocycles. The Morgan fingerprint density at radius 1 is 1.67 bits per heavy atom. The number of rotatable bonds is 0. The van der Waals surface area contributed by atoms with Crippen LogP contribution in [0.25, 0.3) is 0 Å².